The molecule has 2 amide bonds. The maximum absolute atomic E-state index is 13.5. The highest BCUT2D eigenvalue weighted by molar-refractivity contribution is 7.93. The Morgan fingerprint density at radius 2 is 1.60 bits per heavy atom. The Morgan fingerprint density at radius 3 is 2.22 bits per heavy atom. The molecule has 0 saturated heterocycles. The van der Waals surface area contributed by atoms with Crippen LogP contribution in [0.2, 0.25) is 5.02 Å². The predicted molar refractivity (Wildman–Crippen MR) is 168 cm³/mol. The molecule has 3 aromatic rings. The molecule has 0 fully saturated rings. The number of carboxylic acids is 2. The topological polar surface area (TPSA) is 189 Å². The van der Waals surface area contributed by atoms with Gasteiger partial charge in [0.15, 0.2) is 0 Å². The lowest BCUT2D eigenvalue weighted by atomic mass is 10.1. The van der Waals surface area contributed by atoms with Crippen molar-refractivity contribution in [2.24, 2.45) is 4.36 Å². The molecular weight excluding hydrogens is 627 g/mol. The largest absolute Gasteiger partial charge is 0.481 e. The molecule has 1 heterocycles. The highest BCUT2D eigenvalue weighted by Crippen LogP contribution is 2.20. The van der Waals surface area contributed by atoms with Crippen LogP contribution in [0.4, 0.5) is 15.9 Å². The van der Waals surface area contributed by atoms with Gasteiger partial charge < -0.3 is 21.3 Å². The van der Waals surface area contributed by atoms with Crippen LogP contribution in [0.1, 0.15) is 70.4 Å². The molecule has 0 unspecified atom stereocenters. The first-order valence-corrected chi connectivity index (χ1v) is 15.9. The molecule has 0 aliphatic rings. The number of nitrogens with one attached hydrogen (secondary N) is 1. The Bertz CT molecular complexity index is 1770. The number of hydrogen-bond acceptors (Lipinski definition) is 7. The summed E-state index contributed by atoms with van der Waals surface area (Å²) in [5.74, 6) is 1.74. The number of carbonyl (C=O) groups excluding carboxylic acids is 2. The van der Waals surface area contributed by atoms with Crippen molar-refractivity contribution in [2.75, 3.05) is 22.6 Å². The van der Waals surface area contributed by atoms with Crippen molar-refractivity contribution in [1.29, 1.82) is 0 Å². The first kappa shape index (κ1) is 34.7. The molecule has 0 atom stereocenters. The van der Waals surface area contributed by atoms with Gasteiger partial charge in [-0.1, -0.05) is 29.5 Å². The second-order valence-electron chi connectivity index (χ2n) is 9.85. The molecule has 0 aliphatic heterocycles. The van der Waals surface area contributed by atoms with E-state index in [1.807, 2.05) is 0 Å². The number of anilines is 2. The maximum atomic E-state index is 13.5. The molecule has 45 heavy (non-hydrogen) atoms. The first-order valence-electron chi connectivity index (χ1n) is 13.7. The Morgan fingerprint density at radius 1 is 0.933 bits per heavy atom. The number of unbranched alkanes of at least 4 members (excludes halogenated alkanes) is 2. The molecule has 5 N–H and O–H groups in total. The number of aromatic nitrogens is 1. The van der Waals surface area contributed by atoms with Gasteiger partial charge in [-0.3, -0.25) is 19.2 Å². The second kappa shape index (κ2) is 16.3. The van der Waals surface area contributed by atoms with Gasteiger partial charge in [-0.25, -0.2) is 13.6 Å². The Balaban J connectivity index is 1.80. The van der Waals surface area contributed by atoms with Crippen LogP contribution in [0.3, 0.4) is 0 Å². The smallest absolute Gasteiger partial charge is 0.303 e. The minimum Gasteiger partial charge on any atom is -0.481 e. The number of carboxylic acid groups (broad SMARTS) is 2. The monoisotopic (exact) mass is 656 g/mol. The maximum Gasteiger partial charge on any atom is 0.303 e. The zero-order chi connectivity index (χ0) is 33.0. The lowest BCUT2D eigenvalue weighted by Gasteiger charge is -2.10. The molecule has 11 nitrogen and oxygen atoms in total. The summed E-state index contributed by atoms with van der Waals surface area (Å²) in [6.45, 7) is 0. The highest BCUT2D eigenvalue weighted by atomic mass is 35.5. The number of hydrogen-bond donors (Lipinski definition) is 4. The third kappa shape index (κ3) is 11.3. The van der Waals surface area contributed by atoms with Crippen molar-refractivity contribution in [3.8, 4) is 11.8 Å². The number of amides is 2. The fourth-order valence-corrected chi connectivity index (χ4v) is 6.24. The number of carbonyl (C=O) groups is 4. The van der Waals surface area contributed by atoms with Crippen LogP contribution in [-0.2, 0) is 19.3 Å². The van der Waals surface area contributed by atoms with Gasteiger partial charge in [-0.15, -0.1) is 0 Å². The van der Waals surface area contributed by atoms with Gasteiger partial charge in [0.1, 0.15) is 11.6 Å². The van der Waals surface area contributed by atoms with Gasteiger partial charge in [-0.05, 0) is 68.1 Å². The van der Waals surface area contributed by atoms with Crippen molar-refractivity contribution in [3.05, 3.63) is 87.8 Å². The average Bonchev–Trinajstić information content (AvgIpc) is 2.99. The molecule has 14 heteroatoms. The Kier molecular flexibility index (Phi) is 12.6. The molecule has 2 aromatic carbocycles. The van der Waals surface area contributed by atoms with Crippen molar-refractivity contribution >= 4 is 56.6 Å². The van der Waals surface area contributed by atoms with E-state index in [-0.39, 0.29) is 77.6 Å². The number of benzene rings is 2. The number of nitrogens with two attached hydrogens (primary N) is 1. The molecule has 0 radical (unpaired) electrons. The molecule has 3 rings (SSSR count). The van der Waals surface area contributed by atoms with E-state index in [1.165, 1.54) is 30.5 Å². The van der Waals surface area contributed by atoms with Gasteiger partial charge in [0.25, 0.3) is 11.8 Å². The van der Waals surface area contributed by atoms with Crippen LogP contribution in [0.5, 0.6) is 0 Å². The summed E-state index contributed by atoms with van der Waals surface area (Å²) in [7, 11) is -3.12. The number of halogens is 2. The van der Waals surface area contributed by atoms with Crippen LogP contribution >= 0.6 is 11.6 Å². The summed E-state index contributed by atoms with van der Waals surface area (Å²) in [5.41, 5.74) is 7.13. The summed E-state index contributed by atoms with van der Waals surface area (Å²) in [6, 6.07) is 11.5. The van der Waals surface area contributed by atoms with Crippen LogP contribution in [0.15, 0.2) is 59.1 Å². The Labute approximate surface area is 264 Å². The van der Waals surface area contributed by atoms with Gasteiger partial charge in [0.2, 0.25) is 0 Å². The van der Waals surface area contributed by atoms with E-state index in [0.717, 1.165) is 6.07 Å². The van der Waals surface area contributed by atoms with E-state index in [4.69, 9.17) is 27.5 Å². The minimum absolute atomic E-state index is 0.0178. The minimum atomic E-state index is -3.12. The van der Waals surface area contributed by atoms with Crippen LogP contribution in [0, 0.1) is 17.7 Å². The third-order valence-corrected chi connectivity index (χ3v) is 8.91. The van der Waals surface area contributed by atoms with Gasteiger partial charge >= 0.3 is 11.9 Å². The van der Waals surface area contributed by atoms with Gasteiger partial charge in [0, 0.05) is 47.4 Å². The van der Waals surface area contributed by atoms with E-state index in [1.54, 1.807) is 18.2 Å². The second-order valence-corrected chi connectivity index (χ2v) is 12.8. The first-order chi connectivity index (χ1) is 21.3. The molecule has 0 spiro atoms. The van der Waals surface area contributed by atoms with Crippen molar-refractivity contribution < 1.29 is 38.0 Å². The van der Waals surface area contributed by atoms with Crippen LogP contribution in [0.25, 0.3) is 0 Å². The summed E-state index contributed by atoms with van der Waals surface area (Å²) in [5, 5.41) is 20.2. The lowest BCUT2D eigenvalue weighted by Crippen LogP contribution is -2.15. The summed E-state index contributed by atoms with van der Waals surface area (Å²) >= 11 is 5.78. The van der Waals surface area contributed by atoms with Crippen molar-refractivity contribution in [2.45, 2.75) is 38.5 Å². The fraction of sp³-hybridized carbons (Fsp3) is 0.258. The van der Waals surface area contributed by atoms with Gasteiger partial charge in [-0.2, -0.15) is 4.36 Å². The van der Waals surface area contributed by atoms with E-state index in [2.05, 4.69) is 26.5 Å². The van der Waals surface area contributed by atoms with E-state index >= 15 is 0 Å². The molecule has 0 aliphatic carbocycles. The summed E-state index contributed by atoms with van der Waals surface area (Å²) in [6.07, 6.45) is 1.94. The molecule has 0 bridgehead atoms. The molecular formula is C31H30ClFN4O7S. The summed E-state index contributed by atoms with van der Waals surface area (Å²) < 4.78 is 30.9. The number of rotatable bonds is 13. The summed E-state index contributed by atoms with van der Waals surface area (Å²) in [4.78, 5) is 51.4. The highest BCUT2D eigenvalue weighted by Gasteiger charge is 2.16. The van der Waals surface area contributed by atoms with E-state index < -0.39 is 39.3 Å². The molecule has 0 saturated carbocycles. The molecule has 1 aromatic heterocycles. The Hall–Kier alpha value is -4.80. The SMILES string of the molecule is Nc1ncc(C(=O)N=S(=O)(CCCCC(=O)O)CCCCC(=O)O)cc1C#Cc1cccc(C(=O)Nc2ccc(F)c(Cl)c2)c1. The number of nitrogen functional groups attached to an aromatic ring is 1. The number of aliphatic carboxylic acids is 2. The quantitative estimate of drug-likeness (QED) is 0.141. The zero-order valence-electron chi connectivity index (χ0n) is 23.9. The van der Waals surface area contributed by atoms with E-state index in [9.17, 15) is 27.8 Å². The third-order valence-electron chi connectivity index (χ3n) is 6.27. The van der Waals surface area contributed by atoms with Crippen molar-refractivity contribution in [1.82, 2.24) is 4.98 Å². The molecule has 236 valence electrons. The normalized spacial score (nSPS) is 10.8. The zero-order valence-corrected chi connectivity index (χ0v) is 25.5. The van der Waals surface area contributed by atoms with Crippen LogP contribution in [-0.4, -0.2) is 54.7 Å². The van der Waals surface area contributed by atoms with E-state index in [0.29, 0.717) is 11.3 Å². The average molecular weight is 657 g/mol. The fourth-order valence-electron chi connectivity index (χ4n) is 3.95. The number of pyridine rings is 1. The predicted octanol–water partition coefficient (Wildman–Crippen LogP) is 5.23. The standard InChI is InChI=1S/C31H30ClFN4O7S/c32-25-18-24(12-13-26(25)33)36-30(42)22-7-5-6-20(16-22)10-11-21-17-23(19-35-29(21)34)31(43)37-45(44,14-3-1-8-27(38)39)15-4-2-9-28(40)41/h5-7,12-13,16-19H,1-4,8-9,14-15H2,(H2,34,35)(H,36,42)(H,38,39)(H,40,41). The number of nitrogens with zero attached hydrogens (tertiary/aromatic N) is 2. The lowest BCUT2D eigenvalue weighted by molar-refractivity contribution is -0.138. The van der Waals surface area contributed by atoms with Crippen molar-refractivity contribution in [3.63, 3.8) is 0 Å². The van der Waals surface area contributed by atoms with Crippen LogP contribution < -0.4 is 11.1 Å². The van der Waals surface area contributed by atoms with Gasteiger partial charge in [0.05, 0.1) is 25.9 Å².